The van der Waals surface area contributed by atoms with Crippen LogP contribution >= 0.6 is 0 Å². The van der Waals surface area contributed by atoms with E-state index in [2.05, 4.69) is 16.0 Å². The molecule has 0 aromatic heterocycles. The van der Waals surface area contributed by atoms with E-state index in [1.165, 1.54) is 49.0 Å². The van der Waals surface area contributed by atoms with Crippen LogP contribution in [0.3, 0.4) is 0 Å². The van der Waals surface area contributed by atoms with Crippen LogP contribution in [-0.4, -0.2) is 175 Å². The SMILES string of the molecule is COc1cccc2c1C(=O)c1c(O)c3c(c(O)c1C2=O)C[C@@](O)(C(=O)CO)C[C@@H]3O[C@H]1C[C@H](NC(=O)[C@@H]2CCCN2C(=O)CNC(=O)[C@H](C)NC(=O)[C@@H]2CCN2C(=O)Cc2cccc(CC(=O)O)c2)[C@@H](O)[C@H](C)O1. The van der Waals surface area contributed by atoms with Crippen LogP contribution in [0, 0.1) is 0 Å². The molecule has 0 unspecified atom stereocenters. The van der Waals surface area contributed by atoms with E-state index >= 15 is 0 Å². The largest absolute Gasteiger partial charge is 0.507 e. The van der Waals surface area contributed by atoms with Crippen LogP contribution in [0.4, 0.5) is 0 Å². The molecular weight excluding hydrogens is 971 g/mol. The fourth-order valence-corrected chi connectivity index (χ4v) is 10.5. The number of carbonyl (C=O) groups excluding carboxylic acids is 8. The fourth-order valence-electron chi connectivity index (χ4n) is 10.5. The van der Waals surface area contributed by atoms with Crippen LogP contribution < -0.4 is 20.7 Å². The number of fused-ring (bicyclic) bond motifs is 3. The number of aliphatic hydroxyl groups is 3. The standard InChI is InChI=1S/C51H57N5O18/c1-23(53-49(69)31-12-14-56(31)35(59)16-25-7-4-8-26(15-25)17-37(61)62)48(68)52-21-36(60)55-13-6-10-30(55)50(70)54-29-18-38(73-24(2)43(29)63)74-33-20-51(71,34(58)22-57)19-28-40(33)47(67)42-41(45(28)65)44(64)27-9-5-11-32(72-3)39(27)46(42)66/h4-5,7-9,11,15,23-24,29-31,33,38,43,57,63,65,67,71H,6,10,12-14,16-22H2,1-3H3,(H,52,68)(H,53,69)(H,54,70)(H,61,62)/t23-,24-,29-,30-,31-,33-,38-,43-,51-/m0/s1. The number of phenols is 2. The van der Waals surface area contributed by atoms with Gasteiger partial charge in [-0.15, -0.1) is 0 Å². The number of benzene rings is 3. The molecule has 3 aromatic rings. The zero-order valence-corrected chi connectivity index (χ0v) is 40.6. The summed E-state index contributed by atoms with van der Waals surface area (Å²) in [6, 6.07) is 6.71. The van der Waals surface area contributed by atoms with E-state index in [0.717, 1.165) is 0 Å². The average molecular weight is 1030 g/mol. The lowest BCUT2D eigenvalue weighted by Crippen LogP contribution is -2.61. The molecule has 3 aromatic carbocycles. The number of aliphatic carboxylic acids is 1. The van der Waals surface area contributed by atoms with Gasteiger partial charge in [0.2, 0.25) is 35.3 Å². The maximum atomic E-state index is 14.1. The number of ketones is 3. The third-order valence-corrected chi connectivity index (χ3v) is 14.5. The molecule has 5 aliphatic rings. The number of hydrogen-bond donors (Lipinski definition) is 9. The van der Waals surface area contributed by atoms with Gasteiger partial charge in [-0.05, 0) is 50.3 Å². The van der Waals surface area contributed by atoms with Crippen LogP contribution in [0.5, 0.6) is 17.2 Å². The summed E-state index contributed by atoms with van der Waals surface area (Å²) in [5.74, 6) is -8.31. The fraction of sp³-hybridized carbons (Fsp3) is 0.471. The summed E-state index contributed by atoms with van der Waals surface area (Å²) in [4.78, 5) is 122. The first-order chi connectivity index (χ1) is 35.2. The summed E-state index contributed by atoms with van der Waals surface area (Å²) in [6.07, 6.45) is -6.24. The molecule has 0 saturated carbocycles. The van der Waals surface area contributed by atoms with Gasteiger partial charge in [0.15, 0.2) is 17.9 Å². The number of Topliss-reactive ketones (excluding diaryl/α,β-unsaturated/α-hetero) is 1. The number of rotatable bonds is 16. The van der Waals surface area contributed by atoms with Crippen molar-refractivity contribution >= 4 is 52.9 Å². The highest BCUT2D eigenvalue weighted by Gasteiger charge is 2.51. The molecule has 8 rings (SSSR count). The number of phenolic OH excluding ortho intramolecular Hbond substituents is 2. The highest BCUT2D eigenvalue weighted by Crippen LogP contribution is 2.52. The Kier molecular flexibility index (Phi) is 15.2. The minimum Gasteiger partial charge on any atom is -0.507 e. The minimum absolute atomic E-state index is 0.0200. The topological polar surface area (TPSA) is 345 Å². The number of carbonyl (C=O) groups is 9. The van der Waals surface area contributed by atoms with Crippen molar-refractivity contribution in [1.29, 1.82) is 0 Å². The van der Waals surface area contributed by atoms with Gasteiger partial charge in [-0.2, -0.15) is 0 Å². The number of hydrogen-bond acceptors (Lipinski definition) is 17. The molecule has 0 radical (unpaired) electrons. The number of ether oxygens (including phenoxy) is 3. The Morgan fingerprint density at radius 1 is 0.878 bits per heavy atom. The number of methoxy groups -OCH3 is 1. The van der Waals surface area contributed by atoms with Crippen LogP contribution in [0.2, 0.25) is 0 Å². The molecule has 74 heavy (non-hydrogen) atoms. The van der Waals surface area contributed by atoms with Crippen molar-refractivity contribution in [2.75, 3.05) is 33.4 Å². The van der Waals surface area contributed by atoms with Gasteiger partial charge in [-0.3, -0.25) is 43.2 Å². The molecule has 9 atom stereocenters. The number of amides is 5. The predicted molar refractivity (Wildman–Crippen MR) is 253 cm³/mol. The van der Waals surface area contributed by atoms with Gasteiger partial charge in [-0.25, -0.2) is 0 Å². The third kappa shape index (κ3) is 10.2. The van der Waals surface area contributed by atoms with E-state index in [1.54, 1.807) is 24.3 Å². The Morgan fingerprint density at radius 2 is 1.55 bits per heavy atom. The van der Waals surface area contributed by atoms with Gasteiger partial charge in [0, 0.05) is 49.0 Å². The van der Waals surface area contributed by atoms with E-state index in [4.69, 9.17) is 19.3 Å². The monoisotopic (exact) mass is 1030 g/mol. The van der Waals surface area contributed by atoms with Gasteiger partial charge in [0.05, 0.1) is 61.4 Å². The normalized spacial score (nSPS) is 25.4. The number of nitrogens with zero attached hydrogens (tertiary/aromatic N) is 2. The van der Waals surface area contributed by atoms with Gasteiger partial charge >= 0.3 is 5.97 Å². The molecule has 23 heteroatoms. The summed E-state index contributed by atoms with van der Waals surface area (Å²) >= 11 is 0. The van der Waals surface area contributed by atoms with Crippen molar-refractivity contribution in [2.24, 2.45) is 0 Å². The molecule has 3 heterocycles. The molecular formula is C51H57N5O18. The van der Waals surface area contributed by atoms with Gasteiger partial charge in [0.25, 0.3) is 0 Å². The summed E-state index contributed by atoms with van der Waals surface area (Å²) < 4.78 is 17.6. The van der Waals surface area contributed by atoms with E-state index in [-0.39, 0.29) is 66.1 Å². The average Bonchev–Trinajstić information content (AvgIpc) is 3.84. The third-order valence-electron chi connectivity index (χ3n) is 14.5. The quantitative estimate of drug-likeness (QED) is 0.0623. The van der Waals surface area contributed by atoms with E-state index in [0.29, 0.717) is 30.5 Å². The van der Waals surface area contributed by atoms with Crippen LogP contribution in [-0.2, 0) is 62.3 Å². The maximum Gasteiger partial charge on any atom is 0.307 e. The minimum atomic E-state index is -2.42. The van der Waals surface area contributed by atoms with Crippen molar-refractivity contribution in [2.45, 2.75) is 120 Å². The summed E-state index contributed by atoms with van der Waals surface area (Å²) in [7, 11) is 1.28. The van der Waals surface area contributed by atoms with Gasteiger partial charge < -0.3 is 70.6 Å². The van der Waals surface area contributed by atoms with Crippen LogP contribution in [0.1, 0.15) is 106 Å². The van der Waals surface area contributed by atoms with Gasteiger partial charge in [-0.1, -0.05) is 36.4 Å². The van der Waals surface area contributed by atoms with Crippen molar-refractivity contribution in [3.63, 3.8) is 0 Å². The molecule has 3 fully saturated rings. The Morgan fingerprint density at radius 3 is 2.23 bits per heavy atom. The first-order valence-corrected chi connectivity index (χ1v) is 24.2. The second kappa shape index (κ2) is 21.3. The molecule has 2 aliphatic carbocycles. The number of carboxylic acids is 1. The van der Waals surface area contributed by atoms with Crippen molar-refractivity contribution < 1.29 is 88.0 Å². The summed E-state index contributed by atoms with van der Waals surface area (Å²) in [6.45, 7) is 1.66. The lowest BCUT2D eigenvalue weighted by molar-refractivity contribution is -0.249. The molecule has 3 saturated heterocycles. The molecule has 5 amide bonds. The van der Waals surface area contributed by atoms with E-state index in [9.17, 15) is 68.7 Å². The van der Waals surface area contributed by atoms with Crippen molar-refractivity contribution in [3.05, 3.63) is 87.0 Å². The maximum absolute atomic E-state index is 14.1. The van der Waals surface area contributed by atoms with E-state index < -0.39 is 150 Å². The lowest BCUT2D eigenvalue weighted by atomic mass is 9.72. The summed E-state index contributed by atoms with van der Waals surface area (Å²) in [5.41, 5.74) is -3.33. The molecule has 23 nitrogen and oxygen atoms in total. The predicted octanol–water partition coefficient (Wildman–Crippen LogP) is -0.759. The zero-order chi connectivity index (χ0) is 53.5. The van der Waals surface area contributed by atoms with Crippen molar-refractivity contribution in [1.82, 2.24) is 25.8 Å². The Labute approximate surface area is 422 Å². The van der Waals surface area contributed by atoms with Crippen LogP contribution in [0.15, 0.2) is 42.5 Å². The lowest BCUT2D eigenvalue weighted by Gasteiger charge is -2.43. The van der Waals surface area contributed by atoms with Crippen LogP contribution in [0.25, 0.3) is 0 Å². The zero-order valence-electron chi connectivity index (χ0n) is 40.6. The number of aromatic hydroxyl groups is 2. The number of aliphatic hydroxyl groups excluding tert-OH is 2. The van der Waals surface area contributed by atoms with E-state index in [1.807, 2.05) is 0 Å². The number of nitrogens with one attached hydrogen (secondary N) is 3. The number of carboxylic acid groups (broad SMARTS) is 1. The first kappa shape index (κ1) is 53.0. The highest BCUT2D eigenvalue weighted by molar-refractivity contribution is 6.31. The molecule has 0 bridgehead atoms. The molecule has 394 valence electrons. The first-order valence-electron chi connectivity index (χ1n) is 24.2. The second-order valence-corrected chi connectivity index (χ2v) is 19.3. The molecule has 0 spiro atoms. The smallest absolute Gasteiger partial charge is 0.307 e. The van der Waals surface area contributed by atoms with Crippen molar-refractivity contribution in [3.8, 4) is 17.2 Å². The highest BCUT2D eigenvalue weighted by atomic mass is 16.7. The second-order valence-electron chi connectivity index (χ2n) is 19.3. The Hall–Kier alpha value is -7.31. The molecule has 3 aliphatic heterocycles. The summed E-state index contributed by atoms with van der Waals surface area (Å²) in [5, 5.41) is 73.3. The Balaban J connectivity index is 0.897. The van der Waals surface area contributed by atoms with Gasteiger partial charge in [0.1, 0.15) is 53.7 Å². The molecule has 9 N–H and O–H groups in total. The number of likely N-dealkylation sites (tertiary alicyclic amines) is 2. The Bertz CT molecular complexity index is 2840.